The Labute approximate surface area is 358 Å². The van der Waals surface area contributed by atoms with Crippen molar-refractivity contribution in [1.82, 2.24) is 5.32 Å². The SMILES string of the molecule is CCC(CC)NC(=O)c1ccc2c3cccc4c(N(c5ccc(C(C)(C)CC(C)(C)C)cc5)c5ccc(C(C)(C)CC(C)(C)C)cc5)ccc(c5ccc(C(N)=O)c1c52)c43. The predicted octanol–water partition coefficient (Wildman–Crippen LogP) is 14.7. The molecule has 5 nitrogen and oxygen atoms in total. The molecule has 0 saturated heterocycles. The van der Waals surface area contributed by atoms with Crippen LogP contribution in [0.4, 0.5) is 17.1 Å². The quantitative estimate of drug-likeness (QED) is 0.0955. The summed E-state index contributed by atoms with van der Waals surface area (Å²) in [7, 11) is 0. The molecule has 0 aromatic heterocycles. The summed E-state index contributed by atoms with van der Waals surface area (Å²) in [6.07, 6.45) is 3.78. The monoisotopic (exact) mass is 800 g/mol. The molecular formula is C55H65N3O2. The van der Waals surface area contributed by atoms with Crippen molar-refractivity contribution in [3.63, 3.8) is 0 Å². The van der Waals surface area contributed by atoms with Crippen LogP contribution in [-0.4, -0.2) is 17.9 Å². The zero-order valence-electron chi connectivity index (χ0n) is 38.1. The number of nitrogens with two attached hydrogens (primary N) is 1. The van der Waals surface area contributed by atoms with Crippen LogP contribution in [0.15, 0.2) is 103 Å². The fraction of sp³-hybridized carbons (Fsp3) is 0.382. The van der Waals surface area contributed by atoms with Gasteiger partial charge in [0.1, 0.15) is 0 Å². The van der Waals surface area contributed by atoms with Crippen molar-refractivity contribution >= 4 is 72.0 Å². The Morgan fingerprint density at radius 2 is 0.967 bits per heavy atom. The van der Waals surface area contributed by atoms with Crippen LogP contribution in [0.1, 0.15) is 141 Å². The van der Waals surface area contributed by atoms with Gasteiger partial charge in [-0.25, -0.2) is 0 Å². The lowest BCUT2D eigenvalue weighted by Gasteiger charge is -2.34. The number of nitrogens with one attached hydrogen (secondary N) is 1. The Balaban J connectivity index is 1.46. The number of hydrogen-bond acceptors (Lipinski definition) is 3. The minimum Gasteiger partial charge on any atom is -0.366 e. The standard InChI is InChI=1S/C55H65N3O2/c1-13-36(14-2)57-51(60)45-29-27-41-39-16-15-17-43-46(31-30-40(47(39)43)42-26-28-44(50(56)59)49(45)48(41)42)58(37-22-18-34(19-23-37)54(9,10)32-52(3,4)5)38-24-20-35(21-25-38)55(11,12)33-53(6,7)8/h15-31,36H,13-14,32-33H2,1-12H3,(H2,56,59)(H,57,60). The molecule has 7 aromatic rings. The second-order valence-corrected chi connectivity index (χ2v) is 21.0. The van der Waals surface area contributed by atoms with Gasteiger partial charge < -0.3 is 16.0 Å². The summed E-state index contributed by atoms with van der Waals surface area (Å²) < 4.78 is 0. The molecule has 0 aliphatic heterocycles. The number of benzene rings is 7. The molecule has 312 valence electrons. The molecule has 0 atom stereocenters. The first-order chi connectivity index (χ1) is 28.1. The number of amides is 2. The van der Waals surface area contributed by atoms with Gasteiger partial charge in [-0.15, -0.1) is 0 Å². The van der Waals surface area contributed by atoms with Crippen LogP contribution in [-0.2, 0) is 10.8 Å². The zero-order chi connectivity index (χ0) is 43.5. The fourth-order valence-electron chi connectivity index (χ4n) is 10.5. The maximum atomic E-state index is 13.9. The molecule has 0 unspecified atom stereocenters. The average Bonchev–Trinajstić information content (AvgIpc) is 3.17. The van der Waals surface area contributed by atoms with E-state index in [1.54, 1.807) is 6.07 Å². The molecule has 0 aliphatic carbocycles. The van der Waals surface area contributed by atoms with Crippen LogP contribution in [0.2, 0.25) is 0 Å². The third-order valence-corrected chi connectivity index (χ3v) is 12.6. The molecule has 7 aromatic carbocycles. The van der Waals surface area contributed by atoms with E-state index in [1.807, 2.05) is 12.1 Å². The van der Waals surface area contributed by atoms with Gasteiger partial charge in [0.2, 0.25) is 5.91 Å². The minimum atomic E-state index is -0.550. The highest BCUT2D eigenvalue weighted by Crippen LogP contribution is 2.48. The van der Waals surface area contributed by atoms with Crippen molar-refractivity contribution in [1.29, 1.82) is 0 Å². The van der Waals surface area contributed by atoms with Gasteiger partial charge in [-0.2, -0.15) is 0 Å². The number of anilines is 3. The third kappa shape index (κ3) is 8.08. The second kappa shape index (κ2) is 15.6. The van der Waals surface area contributed by atoms with Gasteiger partial charge in [-0.05, 0) is 133 Å². The van der Waals surface area contributed by atoms with E-state index in [1.165, 1.54) is 11.1 Å². The van der Waals surface area contributed by atoms with Crippen LogP contribution in [0.5, 0.6) is 0 Å². The number of carbonyl (C=O) groups excluding carboxylic acids is 2. The Morgan fingerprint density at radius 3 is 1.43 bits per heavy atom. The first-order valence-electron chi connectivity index (χ1n) is 21.9. The van der Waals surface area contributed by atoms with Crippen LogP contribution in [0.25, 0.3) is 43.1 Å². The summed E-state index contributed by atoms with van der Waals surface area (Å²) in [5, 5.41) is 11.1. The molecule has 0 saturated carbocycles. The van der Waals surface area contributed by atoms with Crippen molar-refractivity contribution in [3.05, 3.63) is 125 Å². The second-order valence-electron chi connectivity index (χ2n) is 21.0. The van der Waals surface area contributed by atoms with Gasteiger partial charge in [0.05, 0.1) is 5.69 Å². The van der Waals surface area contributed by atoms with Crippen molar-refractivity contribution in [2.45, 2.75) is 126 Å². The first kappa shape index (κ1) is 42.7. The summed E-state index contributed by atoms with van der Waals surface area (Å²) in [5.74, 6) is -0.739. The molecule has 0 heterocycles. The van der Waals surface area contributed by atoms with Crippen molar-refractivity contribution < 1.29 is 9.59 Å². The number of nitrogens with zero attached hydrogens (tertiary/aromatic N) is 1. The number of rotatable bonds is 12. The van der Waals surface area contributed by atoms with Gasteiger partial charge >= 0.3 is 0 Å². The molecule has 0 spiro atoms. The van der Waals surface area contributed by atoms with Gasteiger partial charge in [0.15, 0.2) is 0 Å². The van der Waals surface area contributed by atoms with Gasteiger partial charge in [-0.3, -0.25) is 9.59 Å². The summed E-state index contributed by atoms with van der Waals surface area (Å²) in [6.45, 7) is 27.4. The van der Waals surface area contributed by atoms with E-state index in [0.717, 1.165) is 80.4 Å². The molecular weight excluding hydrogens is 735 g/mol. The highest BCUT2D eigenvalue weighted by Gasteiger charge is 2.30. The van der Waals surface area contributed by atoms with E-state index in [9.17, 15) is 9.59 Å². The van der Waals surface area contributed by atoms with Crippen molar-refractivity contribution in [2.75, 3.05) is 4.90 Å². The molecule has 7 rings (SSSR count). The van der Waals surface area contributed by atoms with E-state index >= 15 is 0 Å². The predicted molar refractivity (Wildman–Crippen MR) is 257 cm³/mol. The van der Waals surface area contributed by atoms with Gasteiger partial charge in [0.25, 0.3) is 5.91 Å². The normalized spacial score (nSPS) is 12.9. The number of fused-ring (bicyclic) bond motifs is 2. The lowest BCUT2D eigenvalue weighted by molar-refractivity contribution is 0.0936. The van der Waals surface area contributed by atoms with Crippen LogP contribution in [0.3, 0.4) is 0 Å². The molecule has 60 heavy (non-hydrogen) atoms. The highest BCUT2D eigenvalue weighted by molar-refractivity contribution is 6.37. The lowest BCUT2D eigenvalue weighted by Crippen LogP contribution is -2.34. The summed E-state index contributed by atoms with van der Waals surface area (Å²) in [6, 6.07) is 37.1. The van der Waals surface area contributed by atoms with Crippen molar-refractivity contribution in [2.24, 2.45) is 16.6 Å². The molecule has 0 fully saturated rings. The fourth-order valence-corrected chi connectivity index (χ4v) is 10.5. The number of hydrogen-bond donors (Lipinski definition) is 2. The molecule has 3 N–H and O–H groups in total. The Morgan fingerprint density at radius 1 is 0.533 bits per heavy atom. The van der Waals surface area contributed by atoms with Crippen LogP contribution in [0, 0.1) is 10.8 Å². The number of carbonyl (C=O) groups is 2. The van der Waals surface area contributed by atoms with E-state index in [-0.39, 0.29) is 33.6 Å². The maximum absolute atomic E-state index is 13.9. The smallest absolute Gasteiger partial charge is 0.252 e. The van der Waals surface area contributed by atoms with Crippen LogP contribution >= 0.6 is 0 Å². The Bertz CT molecular complexity index is 2610. The van der Waals surface area contributed by atoms with Crippen LogP contribution < -0.4 is 16.0 Å². The summed E-state index contributed by atoms with van der Waals surface area (Å²) in [4.78, 5) is 29.4. The lowest BCUT2D eigenvalue weighted by atomic mass is 9.72. The summed E-state index contributed by atoms with van der Waals surface area (Å²) in [5.41, 5.74) is 13.2. The average molecular weight is 800 g/mol. The topological polar surface area (TPSA) is 75.4 Å². The highest BCUT2D eigenvalue weighted by atomic mass is 16.2. The number of primary amides is 1. The molecule has 5 heteroatoms. The van der Waals surface area contributed by atoms with E-state index < -0.39 is 5.91 Å². The van der Waals surface area contributed by atoms with Gasteiger partial charge in [-0.1, -0.05) is 144 Å². The summed E-state index contributed by atoms with van der Waals surface area (Å²) >= 11 is 0. The molecule has 0 bridgehead atoms. The van der Waals surface area contributed by atoms with Crippen molar-refractivity contribution in [3.8, 4) is 0 Å². The first-order valence-corrected chi connectivity index (χ1v) is 21.9. The Kier molecular flexibility index (Phi) is 11.1. The zero-order valence-corrected chi connectivity index (χ0v) is 38.1. The van der Waals surface area contributed by atoms with E-state index in [2.05, 4.69) is 178 Å². The maximum Gasteiger partial charge on any atom is 0.252 e. The molecule has 2 amide bonds. The minimum absolute atomic E-state index is 0.0131. The van der Waals surface area contributed by atoms with E-state index in [4.69, 9.17) is 5.73 Å². The molecule has 0 aliphatic rings. The molecule has 0 radical (unpaired) electrons. The Hall–Kier alpha value is -5.42. The third-order valence-electron chi connectivity index (χ3n) is 12.6. The van der Waals surface area contributed by atoms with Gasteiger partial charge in [0, 0.05) is 39.3 Å². The largest absolute Gasteiger partial charge is 0.366 e. The van der Waals surface area contributed by atoms with E-state index in [0.29, 0.717) is 16.5 Å².